The van der Waals surface area contributed by atoms with Gasteiger partial charge in [0.15, 0.2) is 6.61 Å². The van der Waals surface area contributed by atoms with Crippen molar-refractivity contribution in [2.45, 2.75) is 41.2 Å². The number of nitrogens with zero attached hydrogens (tertiary/aromatic N) is 1. The lowest BCUT2D eigenvalue weighted by atomic mass is 10.2. The molecule has 0 amide bonds. The van der Waals surface area contributed by atoms with E-state index >= 15 is 0 Å². The summed E-state index contributed by atoms with van der Waals surface area (Å²) in [5, 5.41) is 2.65. The van der Waals surface area contributed by atoms with Crippen molar-refractivity contribution < 1.29 is 14.3 Å². The minimum Gasteiger partial charge on any atom is -0.482 e. The van der Waals surface area contributed by atoms with Gasteiger partial charge >= 0.3 is 5.97 Å². The Kier molecular flexibility index (Phi) is 13.3. The molecule has 0 aliphatic rings. The SMILES string of the molecule is C=c1cc(C)n(Cc2cc(OCC(=O)OC)ccc2Cl)/c1=C/C=C(C)C.CC.CN. The number of esters is 1. The van der Waals surface area contributed by atoms with Gasteiger partial charge in [-0.1, -0.05) is 43.7 Å². The standard InChI is InChI=1S/C21H24ClNO3.C2H6.CH5N/c1-14(2)6-9-20-15(3)10-16(4)23(20)12-17-11-18(7-8-19(17)22)26-13-21(24)25-5;2*1-2/h6-11H,3,12-13H2,1-2,4-5H3;1-2H3;2H2,1H3/b20-9+;;. The zero-order chi connectivity index (χ0) is 23.3. The molecule has 0 saturated heterocycles. The second-order valence-corrected chi connectivity index (χ2v) is 6.72. The second kappa shape index (κ2) is 14.5. The van der Waals surface area contributed by atoms with Crippen molar-refractivity contribution in [2.24, 2.45) is 5.73 Å². The molecule has 166 valence electrons. The van der Waals surface area contributed by atoms with Gasteiger partial charge in [0.25, 0.3) is 0 Å². The normalized spacial score (nSPS) is 10.2. The minimum atomic E-state index is -0.428. The zero-order valence-electron chi connectivity index (χ0n) is 19.2. The number of hydrogen-bond donors (Lipinski definition) is 1. The molecule has 0 saturated carbocycles. The van der Waals surface area contributed by atoms with Crippen LogP contribution in [0.3, 0.4) is 0 Å². The van der Waals surface area contributed by atoms with Gasteiger partial charge in [-0.05, 0) is 68.9 Å². The summed E-state index contributed by atoms with van der Waals surface area (Å²) in [5.74, 6) is 0.146. The Hall–Kier alpha value is -2.50. The molecular formula is C24H35ClN2O3. The highest BCUT2D eigenvalue weighted by atomic mass is 35.5. The van der Waals surface area contributed by atoms with E-state index in [0.717, 1.165) is 21.8 Å². The molecule has 2 N–H and O–H groups in total. The number of rotatable bonds is 6. The van der Waals surface area contributed by atoms with Crippen molar-refractivity contribution in [1.82, 2.24) is 4.57 Å². The fourth-order valence-corrected chi connectivity index (χ4v) is 2.73. The molecule has 1 aromatic heterocycles. The second-order valence-electron chi connectivity index (χ2n) is 6.31. The van der Waals surface area contributed by atoms with Crippen molar-refractivity contribution in [2.75, 3.05) is 20.8 Å². The molecule has 2 aromatic rings. The van der Waals surface area contributed by atoms with Crippen LogP contribution < -0.4 is 21.0 Å². The van der Waals surface area contributed by atoms with E-state index in [1.807, 2.05) is 26.8 Å². The minimum absolute atomic E-state index is 0.136. The fourth-order valence-electron chi connectivity index (χ4n) is 2.55. The monoisotopic (exact) mass is 434 g/mol. The van der Waals surface area contributed by atoms with Gasteiger partial charge in [0.1, 0.15) is 5.75 Å². The van der Waals surface area contributed by atoms with Crippen molar-refractivity contribution in [3.63, 3.8) is 0 Å². The molecule has 0 radical (unpaired) electrons. The molecule has 5 nitrogen and oxygen atoms in total. The number of methoxy groups -OCH3 is 1. The summed E-state index contributed by atoms with van der Waals surface area (Å²) in [5.41, 5.74) is 7.71. The van der Waals surface area contributed by atoms with E-state index in [2.05, 4.69) is 53.7 Å². The van der Waals surface area contributed by atoms with Gasteiger partial charge in [0.05, 0.1) is 7.11 Å². The highest BCUT2D eigenvalue weighted by molar-refractivity contribution is 6.31. The Morgan fingerprint density at radius 3 is 2.43 bits per heavy atom. The average Bonchev–Trinajstić information content (AvgIpc) is 3.01. The Morgan fingerprint density at radius 1 is 1.23 bits per heavy atom. The first-order valence-electron chi connectivity index (χ1n) is 9.88. The average molecular weight is 435 g/mol. The summed E-state index contributed by atoms with van der Waals surface area (Å²) in [6.07, 6.45) is 4.13. The van der Waals surface area contributed by atoms with E-state index in [0.29, 0.717) is 17.3 Å². The van der Waals surface area contributed by atoms with Crippen LogP contribution in [-0.2, 0) is 16.1 Å². The van der Waals surface area contributed by atoms with Crippen LogP contribution in [0.4, 0.5) is 0 Å². The van der Waals surface area contributed by atoms with Crippen LogP contribution in [0.2, 0.25) is 5.02 Å². The summed E-state index contributed by atoms with van der Waals surface area (Å²) in [7, 11) is 2.83. The lowest BCUT2D eigenvalue weighted by molar-refractivity contribution is -0.142. The third-order valence-corrected chi connectivity index (χ3v) is 4.30. The summed E-state index contributed by atoms with van der Waals surface area (Å²) in [4.78, 5) is 11.3. The van der Waals surface area contributed by atoms with Crippen LogP contribution in [-0.4, -0.2) is 31.3 Å². The Balaban J connectivity index is 0.00000198. The van der Waals surface area contributed by atoms with E-state index in [4.69, 9.17) is 16.3 Å². The molecule has 0 unspecified atom stereocenters. The number of nitrogens with two attached hydrogens (primary N) is 1. The van der Waals surface area contributed by atoms with E-state index < -0.39 is 5.97 Å². The highest BCUT2D eigenvalue weighted by Gasteiger charge is 2.09. The van der Waals surface area contributed by atoms with Gasteiger partial charge in [0, 0.05) is 22.6 Å². The number of allylic oxidation sites excluding steroid dienone is 2. The van der Waals surface area contributed by atoms with Crippen LogP contribution in [0.25, 0.3) is 12.7 Å². The van der Waals surface area contributed by atoms with Crippen molar-refractivity contribution in [3.8, 4) is 5.75 Å². The summed E-state index contributed by atoms with van der Waals surface area (Å²) < 4.78 is 12.2. The molecule has 0 spiro atoms. The molecular weight excluding hydrogens is 400 g/mol. The van der Waals surface area contributed by atoms with E-state index in [-0.39, 0.29) is 6.61 Å². The van der Waals surface area contributed by atoms with Crippen molar-refractivity contribution in [1.29, 1.82) is 0 Å². The fraction of sp³-hybridized carbons (Fsp3) is 0.375. The Bertz CT molecular complexity index is 942. The molecule has 0 fully saturated rings. The molecule has 0 aliphatic heterocycles. The summed E-state index contributed by atoms with van der Waals surface area (Å²) in [6.45, 7) is 14.7. The van der Waals surface area contributed by atoms with Crippen LogP contribution >= 0.6 is 11.6 Å². The van der Waals surface area contributed by atoms with Crippen LogP contribution in [0.1, 0.15) is 39.0 Å². The lowest BCUT2D eigenvalue weighted by Gasteiger charge is -2.12. The van der Waals surface area contributed by atoms with Gasteiger partial charge in [-0.3, -0.25) is 0 Å². The number of ether oxygens (including phenoxy) is 2. The van der Waals surface area contributed by atoms with Crippen LogP contribution in [0, 0.1) is 6.92 Å². The number of benzene rings is 1. The van der Waals surface area contributed by atoms with E-state index in [1.165, 1.54) is 19.7 Å². The summed E-state index contributed by atoms with van der Waals surface area (Å²) >= 11 is 6.38. The van der Waals surface area contributed by atoms with Gasteiger partial charge in [-0.15, -0.1) is 0 Å². The summed E-state index contributed by atoms with van der Waals surface area (Å²) in [6, 6.07) is 7.40. The smallest absolute Gasteiger partial charge is 0.343 e. The van der Waals surface area contributed by atoms with Crippen molar-refractivity contribution >= 4 is 30.2 Å². The quantitative estimate of drug-likeness (QED) is 0.702. The third kappa shape index (κ3) is 8.47. The maximum absolute atomic E-state index is 11.3. The predicted octanol–water partition coefficient (Wildman–Crippen LogP) is 3.81. The lowest BCUT2D eigenvalue weighted by Crippen LogP contribution is -2.28. The number of aryl methyl sites for hydroxylation is 1. The third-order valence-electron chi connectivity index (χ3n) is 3.93. The number of carbonyl (C=O) groups excluding carboxylic acids is 1. The topological polar surface area (TPSA) is 66.5 Å². The number of hydrogen-bond acceptors (Lipinski definition) is 4. The van der Waals surface area contributed by atoms with Crippen molar-refractivity contribution in [3.05, 3.63) is 62.8 Å². The molecule has 30 heavy (non-hydrogen) atoms. The van der Waals surface area contributed by atoms with Gasteiger partial charge < -0.3 is 19.8 Å². The van der Waals surface area contributed by atoms with Gasteiger partial charge in [-0.2, -0.15) is 0 Å². The maximum Gasteiger partial charge on any atom is 0.343 e. The van der Waals surface area contributed by atoms with Gasteiger partial charge in [-0.25, -0.2) is 4.79 Å². The predicted molar refractivity (Wildman–Crippen MR) is 127 cm³/mol. The molecule has 0 aliphatic carbocycles. The first-order chi connectivity index (χ1) is 14.3. The van der Waals surface area contributed by atoms with E-state index in [1.54, 1.807) is 12.1 Å². The van der Waals surface area contributed by atoms with Gasteiger partial charge in [0.2, 0.25) is 0 Å². The molecule has 1 heterocycles. The number of aromatic nitrogens is 1. The van der Waals surface area contributed by atoms with Crippen LogP contribution in [0.5, 0.6) is 5.75 Å². The number of carbonyl (C=O) groups is 1. The molecule has 6 heteroatoms. The molecule has 0 atom stereocenters. The largest absolute Gasteiger partial charge is 0.482 e. The molecule has 0 bridgehead atoms. The maximum atomic E-state index is 11.3. The molecule has 1 aromatic carbocycles. The zero-order valence-corrected chi connectivity index (χ0v) is 20.0. The first kappa shape index (κ1) is 27.5. The highest BCUT2D eigenvalue weighted by Crippen LogP contribution is 2.23. The Morgan fingerprint density at radius 2 is 1.87 bits per heavy atom. The Labute approximate surface area is 185 Å². The number of halogens is 1. The first-order valence-corrected chi connectivity index (χ1v) is 10.3. The van der Waals surface area contributed by atoms with Crippen LogP contribution in [0.15, 0.2) is 35.9 Å². The molecule has 2 rings (SSSR count). The van der Waals surface area contributed by atoms with E-state index in [9.17, 15) is 4.79 Å².